The molecule has 3 atom stereocenters. The molecule has 3 aliphatic rings. The van der Waals surface area contributed by atoms with Gasteiger partial charge < -0.3 is 0 Å². The van der Waals surface area contributed by atoms with Crippen LogP contribution in [-0.4, -0.2) is 3.92 Å². The molecular weight excluding hydrogens is 422 g/mol. The first-order valence-electron chi connectivity index (χ1n) is 5.82. The van der Waals surface area contributed by atoms with E-state index in [0.29, 0.717) is 3.92 Å². The zero-order valence-corrected chi connectivity index (χ0v) is 13.3. The maximum absolute atomic E-state index is 2.53. The maximum atomic E-state index is 2.53. The van der Waals surface area contributed by atoms with Gasteiger partial charge in [-0.05, 0) is 68.4 Å². The largest absolute Gasteiger partial charge is 0.0802 e. The average molecular weight is 436 g/mol. The van der Waals surface area contributed by atoms with Gasteiger partial charge in [-0.1, -0.05) is 53.0 Å². The molecule has 0 fully saturated rings. The first-order chi connectivity index (χ1) is 7.74. The molecule has 0 saturated carbocycles. The number of fused-ring (bicyclic) bond motifs is 2. The average Bonchev–Trinajstić information content (AvgIpc) is 2.28. The van der Waals surface area contributed by atoms with Gasteiger partial charge in [-0.2, -0.15) is 0 Å². The quantitative estimate of drug-likeness (QED) is 0.372. The third kappa shape index (κ3) is 2.07. The first kappa shape index (κ1) is 11.5. The van der Waals surface area contributed by atoms with Crippen LogP contribution in [0.25, 0.3) is 0 Å². The molecule has 0 spiro atoms. The summed E-state index contributed by atoms with van der Waals surface area (Å²) in [6, 6.07) is 0. The molecule has 0 saturated heterocycles. The standard InChI is InChI=1S/C14H14I2/c15-11-3-5-13-9(7-11)1-2-10-8-12(16)4-6-14(10)13/h1-5,10-11,14H,6-8H2/t10?,11?,14-/m0/s1. The molecule has 0 aliphatic heterocycles. The highest BCUT2D eigenvalue weighted by Crippen LogP contribution is 2.44. The Balaban J connectivity index is 1.94. The first-order valence-corrected chi connectivity index (χ1v) is 8.14. The van der Waals surface area contributed by atoms with E-state index < -0.39 is 0 Å². The van der Waals surface area contributed by atoms with Crippen LogP contribution in [0.3, 0.4) is 0 Å². The van der Waals surface area contributed by atoms with Crippen LogP contribution in [0.4, 0.5) is 0 Å². The van der Waals surface area contributed by atoms with Crippen molar-refractivity contribution in [2.45, 2.75) is 23.2 Å². The summed E-state index contributed by atoms with van der Waals surface area (Å²) in [5.41, 5.74) is 3.22. The highest BCUT2D eigenvalue weighted by Gasteiger charge is 2.30. The third-order valence-electron chi connectivity index (χ3n) is 3.76. The monoisotopic (exact) mass is 436 g/mol. The minimum Gasteiger partial charge on any atom is -0.0802 e. The molecule has 0 aromatic heterocycles. The Morgan fingerprint density at radius 1 is 1.12 bits per heavy atom. The lowest BCUT2D eigenvalue weighted by Gasteiger charge is -2.35. The summed E-state index contributed by atoms with van der Waals surface area (Å²) in [6.45, 7) is 0. The highest BCUT2D eigenvalue weighted by atomic mass is 127. The molecule has 0 heterocycles. The van der Waals surface area contributed by atoms with Gasteiger partial charge in [0, 0.05) is 3.92 Å². The van der Waals surface area contributed by atoms with Gasteiger partial charge in [0.2, 0.25) is 0 Å². The minimum atomic E-state index is 0.691. The van der Waals surface area contributed by atoms with E-state index in [1.807, 2.05) is 0 Å². The van der Waals surface area contributed by atoms with Crippen LogP contribution in [-0.2, 0) is 0 Å². The van der Waals surface area contributed by atoms with E-state index in [9.17, 15) is 0 Å². The van der Waals surface area contributed by atoms with Gasteiger partial charge in [0.1, 0.15) is 0 Å². The number of halogens is 2. The van der Waals surface area contributed by atoms with Crippen molar-refractivity contribution in [2.75, 3.05) is 0 Å². The second-order valence-electron chi connectivity index (χ2n) is 4.78. The van der Waals surface area contributed by atoms with Gasteiger partial charge >= 0.3 is 0 Å². The van der Waals surface area contributed by atoms with Crippen molar-refractivity contribution in [3.05, 3.63) is 45.1 Å². The molecule has 0 aromatic rings. The van der Waals surface area contributed by atoms with Crippen molar-refractivity contribution in [3.8, 4) is 0 Å². The Morgan fingerprint density at radius 2 is 2.00 bits per heavy atom. The van der Waals surface area contributed by atoms with Gasteiger partial charge in [-0.25, -0.2) is 0 Å². The zero-order chi connectivity index (χ0) is 11.1. The minimum absolute atomic E-state index is 0.691. The normalized spacial score (nSPS) is 36.9. The fraction of sp³-hybridized carbons (Fsp3) is 0.429. The van der Waals surface area contributed by atoms with E-state index in [1.165, 1.54) is 19.3 Å². The zero-order valence-electron chi connectivity index (χ0n) is 9.00. The maximum Gasteiger partial charge on any atom is 0.0333 e. The van der Waals surface area contributed by atoms with E-state index in [2.05, 4.69) is 75.6 Å². The summed E-state index contributed by atoms with van der Waals surface area (Å²) in [4.78, 5) is 0. The lowest BCUT2D eigenvalue weighted by Crippen LogP contribution is -2.23. The second kappa shape index (κ2) is 4.59. The smallest absolute Gasteiger partial charge is 0.0333 e. The molecule has 0 radical (unpaired) electrons. The molecule has 2 unspecified atom stereocenters. The van der Waals surface area contributed by atoms with Crippen molar-refractivity contribution in [1.82, 2.24) is 0 Å². The van der Waals surface area contributed by atoms with Gasteiger partial charge in [0.05, 0.1) is 0 Å². The summed E-state index contributed by atoms with van der Waals surface area (Å²) in [7, 11) is 0. The highest BCUT2D eigenvalue weighted by molar-refractivity contribution is 14.1. The topological polar surface area (TPSA) is 0 Å². The second-order valence-corrected chi connectivity index (χ2v) is 7.77. The number of allylic oxidation sites excluding steroid dienone is 8. The molecule has 16 heavy (non-hydrogen) atoms. The number of rotatable bonds is 0. The van der Waals surface area contributed by atoms with Crippen LogP contribution in [0.15, 0.2) is 45.1 Å². The van der Waals surface area contributed by atoms with Crippen molar-refractivity contribution in [3.63, 3.8) is 0 Å². The Morgan fingerprint density at radius 3 is 2.88 bits per heavy atom. The number of hydrogen-bond acceptors (Lipinski definition) is 0. The molecule has 2 heteroatoms. The molecule has 0 amide bonds. The van der Waals surface area contributed by atoms with E-state index >= 15 is 0 Å². The van der Waals surface area contributed by atoms with Crippen LogP contribution in [0.2, 0.25) is 0 Å². The Kier molecular flexibility index (Phi) is 3.30. The lowest BCUT2D eigenvalue weighted by atomic mass is 9.71. The van der Waals surface area contributed by atoms with Crippen LogP contribution >= 0.6 is 45.2 Å². The molecule has 84 valence electrons. The number of hydrogen-bond donors (Lipinski definition) is 0. The van der Waals surface area contributed by atoms with Crippen molar-refractivity contribution >= 4 is 45.2 Å². The van der Waals surface area contributed by atoms with Gasteiger partial charge in [-0.15, -0.1) is 0 Å². The SMILES string of the molecule is IC1=CC[C@@H]2C3=C(C=CC2C1)CC(I)C=C3. The van der Waals surface area contributed by atoms with Crippen molar-refractivity contribution < 1.29 is 0 Å². The molecular formula is C14H14I2. The summed E-state index contributed by atoms with van der Waals surface area (Å²) in [5.74, 6) is 1.52. The molecule has 3 rings (SSSR count). The predicted molar refractivity (Wildman–Crippen MR) is 86.0 cm³/mol. The predicted octanol–water partition coefficient (Wildman–Crippen LogP) is 4.96. The van der Waals surface area contributed by atoms with Gasteiger partial charge in [0.15, 0.2) is 0 Å². The fourth-order valence-corrected chi connectivity index (χ4v) is 4.36. The molecule has 3 aliphatic carbocycles. The van der Waals surface area contributed by atoms with Crippen LogP contribution in [0.5, 0.6) is 0 Å². The summed E-state index contributed by atoms with van der Waals surface area (Å²) in [5, 5.41) is 0. The summed E-state index contributed by atoms with van der Waals surface area (Å²) in [6.07, 6.45) is 15.8. The Hall–Kier alpha value is 0.420. The Bertz CT molecular complexity index is 426. The third-order valence-corrected chi connectivity index (χ3v) is 5.49. The van der Waals surface area contributed by atoms with Crippen LogP contribution in [0.1, 0.15) is 19.3 Å². The van der Waals surface area contributed by atoms with Crippen LogP contribution < -0.4 is 0 Å². The fourth-order valence-electron chi connectivity index (χ4n) is 2.92. The van der Waals surface area contributed by atoms with E-state index in [0.717, 1.165) is 11.8 Å². The summed E-state index contributed by atoms with van der Waals surface area (Å²) >= 11 is 5.02. The molecule has 0 aromatic carbocycles. The molecule has 0 bridgehead atoms. The van der Waals surface area contributed by atoms with E-state index in [1.54, 1.807) is 14.7 Å². The Labute approximate surface area is 124 Å². The van der Waals surface area contributed by atoms with Gasteiger partial charge in [0.25, 0.3) is 0 Å². The van der Waals surface area contributed by atoms with Gasteiger partial charge in [-0.3, -0.25) is 0 Å². The summed E-state index contributed by atoms with van der Waals surface area (Å²) < 4.78 is 2.23. The van der Waals surface area contributed by atoms with E-state index in [4.69, 9.17) is 0 Å². The number of alkyl halides is 1. The molecule has 0 N–H and O–H groups in total. The van der Waals surface area contributed by atoms with Crippen molar-refractivity contribution in [1.29, 1.82) is 0 Å². The lowest BCUT2D eigenvalue weighted by molar-refractivity contribution is 0.437. The molecule has 0 nitrogen and oxygen atoms in total. The van der Waals surface area contributed by atoms with E-state index in [-0.39, 0.29) is 0 Å². The van der Waals surface area contributed by atoms with Crippen molar-refractivity contribution in [2.24, 2.45) is 11.8 Å². The van der Waals surface area contributed by atoms with Crippen LogP contribution in [0, 0.1) is 11.8 Å².